The smallest absolute Gasteiger partial charge is 0.308 e. The molecule has 1 heterocycles. The molecule has 1 N–H and O–H groups in total. The highest BCUT2D eigenvalue weighted by molar-refractivity contribution is 5.81. The van der Waals surface area contributed by atoms with Crippen molar-refractivity contribution >= 4 is 11.9 Å². The molecule has 1 aliphatic carbocycles. The Labute approximate surface area is 149 Å². The Kier molecular flexibility index (Phi) is 5.30. The molecule has 25 heavy (non-hydrogen) atoms. The van der Waals surface area contributed by atoms with Gasteiger partial charge in [0.15, 0.2) is 0 Å². The molecule has 0 bridgehead atoms. The lowest BCUT2D eigenvalue weighted by atomic mass is 9.92. The van der Waals surface area contributed by atoms with E-state index in [0.29, 0.717) is 38.0 Å². The van der Waals surface area contributed by atoms with Gasteiger partial charge in [-0.3, -0.25) is 9.59 Å². The molecule has 2 aliphatic rings. The second kappa shape index (κ2) is 7.46. The molecule has 5 heteroatoms. The molecule has 1 saturated heterocycles. The third kappa shape index (κ3) is 4.53. The minimum absolute atomic E-state index is 0.0187. The second-order valence-corrected chi connectivity index (χ2v) is 7.77. The Bertz CT molecular complexity index is 621. The first-order valence-electron chi connectivity index (χ1n) is 9.16. The van der Waals surface area contributed by atoms with E-state index >= 15 is 0 Å². The summed E-state index contributed by atoms with van der Waals surface area (Å²) in [7, 11) is 0. The predicted molar refractivity (Wildman–Crippen MR) is 94.4 cm³/mol. The number of nitrogens with zero attached hydrogens (tertiary/aromatic N) is 1. The summed E-state index contributed by atoms with van der Waals surface area (Å²) in [5.41, 5.74) is 0.934. The van der Waals surface area contributed by atoms with Gasteiger partial charge < -0.3 is 14.7 Å². The van der Waals surface area contributed by atoms with E-state index in [2.05, 4.69) is 13.8 Å². The van der Waals surface area contributed by atoms with Crippen LogP contribution in [-0.4, -0.2) is 41.6 Å². The molecule has 1 amide bonds. The lowest BCUT2D eigenvalue weighted by molar-refractivity contribution is -0.142. The Morgan fingerprint density at radius 1 is 1.20 bits per heavy atom. The van der Waals surface area contributed by atoms with Crippen molar-refractivity contribution in [3.05, 3.63) is 29.8 Å². The molecular weight excluding hydrogens is 318 g/mol. The number of benzene rings is 1. The number of hydrogen-bond acceptors (Lipinski definition) is 3. The predicted octanol–water partition coefficient (Wildman–Crippen LogP) is 2.83. The van der Waals surface area contributed by atoms with Gasteiger partial charge in [0.25, 0.3) is 0 Å². The maximum Gasteiger partial charge on any atom is 0.308 e. The van der Waals surface area contributed by atoms with Gasteiger partial charge in [-0.05, 0) is 48.3 Å². The van der Waals surface area contributed by atoms with Gasteiger partial charge in [0.2, 0.25) is 5.91 Å². The first kappa shape index (κ1) is 17.8. The number of ether oxygens (including phenoxy) is 1. The number of likely N-dealkylation sites (tertiary alicyclic amines) is 1. The topological polar surface area (TPSA) is 66.8 Å². The summed E-state index contributed by atoms with van der Waals surface area (Å²) in [6.45, 7) is 5.82. The van der Waals surface area contributed by atoms with E-state index in [9.17, 15) is 14.7 Å². The quantitative estimate of drug-likeness (QED) is 0.825. The molecule has 0 aromatic heterocycles. The maximum absolute atomic E-state index is 12.6. The van der Waals surface area contributed by atoms with E-state index in [-0.39, 0.29) is 11.8 Å². The first-order chi connectivity index (χ1) is 11.9. The van der Waals surface area contributed by atoms with Crippen LogP contribution in [0.5, 0.6) is 5.75 Å². The highest BCUT2D eigenvalue weighted by atomic mass is 16.5. The number of hydrogen-bond donors (Lipinski definition) is 1. The van der Waals surface area contributed by atoms with Crippen LogP contribution < -0.4 is 4.74 Å². The third-order valence-electron chi connectivity index (χ3n) is 5.12. The van der Waals surface area contributed by atoms with Crippen molar-refractivity contribution in [2.75, 3.05) is 19.7 Å². The SMILES string of the molecule is CC(C)COc1ccc(CC(=O)N2C[C@H](C(=O)O)[C@@H](C3CC3)C2)cc1. The van der Waals surface area contributed by atoms with Gasteiger partial charge in [-0.1, -0.05) is 26.0 Å². The molecule has 2 atom stereocenters. The normalized spacial score (nSPS) is 23.1. The van der Waals surface area contributed by atoms with E-state index in [1.165, 1.54) is 0 Å². The summed E-state index contributed by atoms with van der Waals surface area (Å²) < 4.78 is 5.65. The van der Waals surface area contributed by atoms with Crippen LogP contribution in [0.4, 0.5) is 0 Å². The highest BCUT2D eigenvalue weighted by Gasteiger charge is 2.46. The van der Waals surface area contributed by atoms with Crippen molar-refractivity contribution in [3.63, 3.8) is 0 Å². The van der Waals surface area contributed by atoms with Crippen LogP contribution in [0.3, 0.4) is 0 Å². The van der Waals surface area contributed by atoms with Crippen molar-refractivity contribution in [1.82, 2.24) is 4.90 Å². The zero-order chi connectivity index (χ0) is 18.0. The van der Waals surface area contributed by atoms with Crippen LogP contribution >= 0.6 is 0 Å². The molecule has 0 spiro atoms. The van der Waals surface area contributed by atoms with E-state index in [0.717, 1.165) is 24.2 Å². The Hall–Kier alpha value is -2.04. The first-order valence-corrected chi connectivity index (χ1v) is 9.16. The number of carboxylic acid groups (broad SMARTS) is 1. The monoisotopic (exact) mass is 345 g/mol. The molecule has 0 unspecified atom stereocenters. The van der Waals surface area contributed by atoms with Crippen LogP contribution in [0.15, 0.2) is 24.3 Å². The highest BCUT2D eigenvalue weighted by Crippen LogP contribution is 2.44. The van der Waals surface area contributed by atoms with Crippen molar-refractivity contribution in [2.45, 2.75) is 33.1 Å². The molecular formula is C20H27NO4. The average molecular weight is 345 g/mol. The summed E-state index contributed by atoms with van der Waals surface area (Å²) in [6, 6.07) is 7.61. The lowest BCUT2D eigenvalue weighted by Crippen LogP contribution is -2.31. The maximum atomic E-state index is 12.6. The molecule has 136 valence electrons. The van der Waals surface area contributed by atoms with Crippen molar-refractivity contribution < 1.29 is 19.4 Å². The Morgan fingerprint density at radius 3 is 2.44 bits per heavy atom. The largest absolute Gasteiger partial charge is 0.493 e. The van der Waals surface area contributed by atoms with Gasteiger partial charge in [-0.2, -0.15) is 0 Å². The second-order valence-electron chi connectivity index (χ2n) is 7.77. The number of rotatable bonds is 7. The van der Waals surface area contributed by atoms with Crippen LogP contribution in [0.25, 0.3) is 0 Å². The molecule has 5 nitrogen and oxygen atoms in total. The number of aliphatic carboxylic acids is 1. The van der Waals surface area contributed by atoms with Crippen molar-refractivity contribution in [3.8, 4) is 5.75 Å². The molecule has 1 saturated carbocycles. The van der Waals surface area contributed by atoms with Gasteiger partial charge in [-0.25, -0.2) is 0 Å². The summed E-state index contributed by atoms with van der Waals surface area (Å²) in [5.74, 6) is 0.765. The van der Waals surface area contributed by atoms with Gasteiger partial charge in [0.1, 0.15) is 5.75 Å². The molecule has 1 aromatic rings. The number of carboxylic acids is 1. The van der Waals surface area contributed by atoms with Gasteiger partial charge in [0, 0.05) is 13.1 Å². The summed E-state index contributed by atoms with van der Waals surface area (Å²) in [4.78, 5) is 25.8. The number of amides is 1. The molecule has 2 fully saturated rings. The minimum Gasteiger partial charge on any atom is -0.493 e. The summed E-state index contributed by atoms with van der Waals surface area (Å²) in [5, 5.41) is 9.42. The summed E-state index contributed by atoms with van der Waals surface area (Å²) >= 11 is 0. The Morgan fingerprint density at radius 2 is 1.88 bits per heavy atom. The fourth-order valence-corrected chi connectivity index (χ4v) is 3.55. The standard InChI is InChI=1S/C20H27NO4/c1-13(2)12-25-16-7-3-14(4-8-16)9-19(22)21-10-17(15-5-6-15)18(11-21)20(23)24/h3-4,7-8,13,15,17-18H,5-6,9-12H2,1-2H3,(H,23,24)/t17-,18+/m1/s1. The van der Waals surface area contributed by atoms with E-state index in [1.807, 2.05) is 24.3 Å². The zero-order valence-electron chi connectivity index (χ0n) is 15.0. The van der Waals surface area contributed by atoms with Crippen LogP contribution in [0.1, 0.15) is 32.3 Å². The zero-order valence-corrected chi connectivity index (χ0v) is 15.0. The van der Waals surface area contributed by atoms with Gasteiger partial charge >= 0.3 is 5.97 Å². The van der Waals surface area contributed by atoms with Crippen LogP contribution in [0, 0.1) is 23.7 Å². The van der Waals surface area contributed by atoms with Crippen molar-refractivity contribution in [2.24, 2.45) is 23.7 Å². The average Bonchev–Trinajstić information content (AvgIpc) is 3.31. The molecule has 1 aromatic carbocycles. The lowest BCUT2D eigenvalue weighted by Gasteiger charge is -2.16. The van der Waals surface area contributed by atoms with Gasteiger partial charge in [-0.15, -0.1) is 0 Å². The van der Waals surface area contributed by atoms with Crippen molar-refractivity contribution in [1.29, 1.82) is 0 Å². The van der Waals surface area contributed by atoms with E-state index < -0.39 is 11.9 Å². The third-order valence-corrected chi connectivity index (χ3v) is 5.12. The van der Waals surface area contributed by atoms with E-state index in [4.69, 9.17) is 4.74 Å². The number of carbonyl (C=O) groups excluding carboxylic acids is 1. The Balaban J connectivity index is 1.56. The molecule has 0 radical (unpaired) electrons. The molecule has 3 rings (SSSR count). The summed E-state index contributed by atoms with van der Waals surface area (Å²) in [6.07, 6.45) is 2.52. The molecule has 1 aliphatic heterocycles. The van der Waals surface area contributed by atoms with Crippen LogP contribution in [0.2, 0.25) is 0 Å². The minimum atomic E-state index is -0.765. The van der Waals surface area contributed by atoms with Crippen LogP contribution in [-0.2, 0) is 16.0 Å². The fourth-order valence-electron chi connectivity index (χ4n) is 3.55. The fraction of sp³-hybridized carbons (Fsp3) is 0.600. The van der Waals surface area contributed by atoms with Gasteiger partial charge in [0.05, 0.1) is 18.9 Å². The number of carbonyl (C=O) groups is 2. The van der Waals surface area contributed by atoms with E-state index in [1.54, 1.807) is 4.90 Å².